The van der Waals surface area contributed by atoms with Crippen LogP contribution in [0.4, 0.5) is 5.69 Å². The maximum absolute atomic E-state index is 12.8. The third-order valence-corrected chi connectivity index (χ3v) is 7.75. The molecule has 2 aromatic rings. The van der Waals surface area contributed by atoms with Crippen LogP contribution in [0.3, 0.4) is 0 Å². The van der Waals surface area contributed by atoms with Crippen molar-refractivity contribution in [2.75, 3.05) is 6.54 Å². The second kappa shape index (κ2) is 7.46. The summed E-state index contributed by atoms with van der Waals surface area (Å²) in [4.78, 5) is 23.6. The topological polar surface area (TPSA) is 108 Å². The highest BCUT2D eigenvalue weighted by Crippen LogP contribution is 2.65. The van der Waals surface area contributed by atoms with Crippen molar-refractivity contribution in [3.63, 3.8) is 0 Å². The molecular weight excluding hydrogens is 396 g/mol. The van der Waals surface area contributed by atoms with Gasteiger partial charge < -0.3 is 5.32 Å². The Kier molecular flexibility index (Phi) is 4.86. The summed E-state index contributed by atoms with van der Waals surface area (Å²) in [7, 11) is 0. The van der Waals surface area contributed by atoms with E-state index in [1.54, 1.807) is 12.4 Å². The van der Waals surface area contributed by atoms with Crippen molar-refractivity contribution in [1.29, 1.82) is 0 Å². The highest BCUT2D eigenvalue weighted by molar-refractivity contribution is 5.76. The molecule has 2 atom stereocenters. The summed E-state index contributed by atoms with van der Waals surface area (Å²) in [5.74, 6) is 1.29. The molecule has 0 saturated heterocycles. The number of aromatic nitrogens is 4. The first-order chi connectivity index (χ1) is 14.9. The van der Waals surface area contributed by atoms with Crippen LogP contribution in [-0.4, -0.2) is 36.9 Å². The molecule has 4 bridgehead atoms. The second-order valence-electron chi connectivity index (χ2n) is 10.2. The Morgan fingerprint density at radius 2 is 2.06 bits per heavy atom. The lowest BCUT2D eigenvalue weighted by molar-refractivity contribution is -0.385. The first-order valence-electron chi connectivity index (χ1n) is 11.3. The number of hydrogen-bond acceptors (Lipinski definition) is 5. The van der Waals surface area contributed by atoms with Crippen LogP contribution < -0.4 is 5.32 Å². The van der Waals surface area contributed by atoms with Crippen molar-refractivity contribution in [3.05, 3.63) is 40.5 Å². The number of amides is 1. The quantitative estimate of drug-likeness (QED) is 0.396. The molecule has 166 valence electrons. The molecule has 9 nitrogen and oxygen atoms in total. The minimum Gasteiger partial charge on any atom is -0.356 e. The number of rotatable bonds is 8. The van der Waals surface area contributed by atoms with Crippen molar-refractivity contribution in [3.8, 4) is 0 Å². The second-order valence-corrected chi connectivity index (χ2v) is 10.2. The molecule has 4 aliphatic rings. The number of aryl methyl sites for hydroxylation is 2. The zero-order chi connectivity index (χ0) is 21.6. The summed E-state index contributed by atoms with van der Waals surface area (Å²) in [6.45, 7) is 3.48. The van der Waals surface area contributed by atoms with Crippen molar-refractivity contribution in [2.45, 2.75) is 70.4 Å². The Hall–Kier alpha value is -2.71. The Balaban J connectivity index is 1.23. The molecule has 2 unspecified atom stereocenters. The van der Waals surface area contributed by atoms with E-state index in [4.69, 9.17) is 0 Å². The predicted octanol–water partition coefficient (Wildman–Crippen LogP) is 3.19. The third kappa shape index (κ3) is 3.74. The number of hydrogen-bond donors (Lipinski definition) is 1. The first kappa shape index (κ1) is 20.2. The number of carbonyl (C=O) groups is 1. The molecule has 4 saturated carbocycles. The van der Waals surface area contributed by atoms with Crippen LogP contribution in [0.25, 0.3) is 0 Å². The SMILES string of the molecule is Cc1ccnn1CCCNC(=O)CC12CC3CC(C1)CC(n1cc([N+](=O)[O-])cn1)(C3)C2. The van der Waals surface area contributed by atoms with E-state index in [0.29, 0.717) is 24.8 Å². The van der Waals surface area contributed by atoms with E-state index >= 15 is 0 Å². The normalized spacial score (nSPS) is 31.1. The lowest BCUT2D eigenvalue weighted by atomic mass is 9.46. The lowest BCUT2D eigenvalue weighted by Crippen LogP contribution is -2.57. The van der Waals surface area contributed by atoms with Crippen LogP contribution in [-0.2, 0) is 16.9 Å². The van der Waals surface area contributed by atoms with Gasteiger partial charge in [0.1, 0.15) is 12.4 Å². The Morgan fingerprint density at radius 3 is 2.71 bits per heavy atom. The largest absolute Gasteiger partial charge is 0.356 e. The van der Waals surface area contributed by atoms with Crippen molar-refractivity contribution < 1.29 is 9.72 Å². The van der Waals surface area contributed by atoms with Gasteiger partial charge in [0.05, 0.1) is 10.5 Å². The highest BCUT2D eigenvalue weighted by Gasteiger charge is 2.59. The van der Waals surface area contributed by atoms with E-state index in [9.17, 15) is 14.9 Å². The molecule has 1 amide bonds. The van der Waals surface area contributed by atoms with Gasteiger partial charge in [-0.25, -0.2) is 0 Å². The van der Waals surface area contributed by atoms with Crippen LogP contribution >= 0.6 is 0 Å². The summed E-state index contributed by atoms with van der Waals surface area (Å²) in [6, 6.07) is 1.98. The van der Waals surface area contributed by atoms with Crippen LogP contribution in [0.1, 0.15) is 57.1 Å². The van der Waals surface area contributed by atoms with E-state index < -0.39 is 0 Å². The van der Waals surface area contributed by atoms with Gasteiger partial charge in [-0.3, -0.25) is 24.3 Å². The van der Waals surface area contributed by atoms with Crippen molar-refractivity contribution in [1.82, 2.24) is 24.9 Å². The summed E-state index contributed by atoms with van der Waals surface area (Å²) in [5.41, 5.74) is 1.00. The molecule has 2 heterocycles. The van der Waals surface area contributed by atoms with Gasteiger partial charge in [0.25, 0.3) is 0 Å². The molecule has 2 aromatic heterocycles. The fourth-order valence-corrected chi connectivity index (χ4v) is 7.04. The molecule has 0 spiro atoms. The molecule has 31 heavy (non-hydrogen) atoms. The van der Waals surface area contributed by atoms with E-state index in [2.05, 4.69) is 15.5 Å². The summed E-state index contributed by atoms with van der Waals surface area (Å²) >= 11 is 0. The number of nitrogens with zero attached hydrogens (tertiary/aromatic N) is 5. The Labute approximate surface area is 181 Å². The molecule has 1 N–H and O–H groups in total. The Morgan fingerprint density at radius 1 is 1.29 bits per heavy atom. The predicted molar refractivity (Wildman–Crippen MR) is 113 cm³/mol. The highest BCUT2D eigenvalue weighted by atomic mass is 16.6. The third-order valence-electron chi connectivity index (χ3n) is 7.75. The Bertz CT molecular complexity index is 981. The molecule has 0 aromatic carbocycles. The van der Waals surface area contributed by atoms with Crippen LogP contribution in [0.5, 0.6) is 0 Å². The minimum atomic E-state index is -0.377. The molecule has 9 heteroatoms. The van der Waals surface area contributed by atoms with Crippen molar-refractivity contribution in [2.24, 2.45) is 17.3 Å². The standard InChI is InChI=1S/C22H30N6O3/c1-16-3-5-24-26(16)6-2-4-23-20(29)12-21-8-17-7-18(9-21)11-22(10-17,15-21)27-14-19(13-25-27)28(30)31/h3,5,13-14,17-18H,2,4,6-12,15H2,1H3,(H,23,29). The van der Waals surface area contributed by atoms with Gasteiger partial charge in [0, 0.05) is 31.4 Å². The van der Waals surface area contributed by atoms with Crippen LogP contribution in [0.15, 0.2) is 24.7 Å². The molecule has 0 radical (unpaired) electrons. The van der Waals surface area contributed by atoms with Crippen molar-refractivity contribution >= 4 is 11.6 Å². The number of nitrogens with one attached hydrogen (secondary N) is 1. The smallest absolute Gasteiger partial charge is 0.307 e. The maximum Gasteiger partial charge on any atom is 0.307 e. The first-order valence-corrected chi connectivity index (χ1v) is 11.3. The van der Waals surface area contributed by atoms with Gasteiger partial charge >= 0.3 is 5.69 Å². The minimum absolute atomic E-state index is 0.00648. The van der Waals surface area contributed by atoms with Gasteiger partial charge in [-0.15, -0.1) is 0 Å². The van der Waals surface area contributed by atoms with E-state index in [-0.39, 0.29) is 27.5 Å². The van der Waals surface area contributed by atoms with Gasteiger partial charge in [0.2, 0.25) is 5.91 Å². The van der Waals surface area contributed by atoms with E-state index in [0.717, 1.165) is 50.8 Å². The van der Waals surface area contributed by atoms with Crippen LogP contribution in [0.2, 0.25) is 0 Å². The molecule has 4 fully saturated rings. The van der Waals surface area contributed by atoms with Gasteiger partial charge in [0.15, 0.2) is 0 Å². The molecule has 0 aliphatic heterocycles. The fourth-order valence-electron chi connectivity index (χ4n) is 7.04. The van der Waals surface area contributed by atoms with Crippen LogP contribution in [0, 0.1) is 34.3 Å². The molecular formula is C22H30N6O3. The molecule has 4 aliphatic carbocycles. The number of nitro groups is 1. The van der Waals surface area contributed by atoms with Gasteiger partial charge in [-0.2, -0.15) is 10.2 Å². The summed E-state index contributed by atoms with van der Waals surface area (Å²) in [6.07, 6.45) is 12.5. The molecule has 6 rings (SSSR count). The number of carbonyl (C=O) groups excluding carboxylic acids is 1. The van der Waals surface area contributed by atoms with E-state index in [1.165, 1.54) is 12.6 Å². The maximum atomic E-state index is 12.8. The average molecular weight is 427 g/mol. The summed E-state index contributed by atoms with van der Waals surface area (Å²) < 4.78 is 3.82. The van der Waals surface area contributed by atoms with Gasteiger partial charge in [-0.05, 0) is 75.2 Å². The monoisotopic (exact) mass is 426 g/mol. The zero-order valence-corrected chi connectivity index (χ0v) is 18.0. The fraction of sp³-hybridized carbons (Fsp3) is 0.682. The zero-order valence-electron chi connectivity index (χ0n) is 18.0. The van der Waals surface area contributed by atoms with E-state index in [1.807, 2.05) is 22.4 Å². The van der Waals surface area contributed by atoms with Gasteiger partial charge in [-0.1, -0.05) is 0 Å². The summed E-state index contributed by atoms with van der Waals surface area (Å²) in [5, 5.41) is 23.0. The lowest BCUT2D eigenvalue weighted by Gasteiger charge is -2.61. The average Bonchev–Trinajstić information content (AvgIpc) is 3.34.